The van der Waals surface area contributed by atoms with Crippen LogP contribution in [-0.4, -0.2) is 36.1 Å². The third-order valence-electron chi connectivity index (χ3n) is 5.74. The normalized spacial score (nSPS) is 15.6. The number of anilines is 2. The predicted molar refractivity (Wildman–Crippen MR) is 142 cm³/mol. The molecule has 0 saturated heterocycles. The Labute approximate surface area is 217 Å². The van der Waals surface area contributed by atoms with Crippen LogP contribution in [0, 0.1) is 12.8 Å². The molecule has 36 heavy (non-hydrogen) atoms. The SMILES string of the molecule is CCCN1C(=O)NC(c2ccc(NC(=O)Nc3ccc(C)c(Cl)c3)cc2)C(C(=O)OCC(C)C)=C1C. The first-order chi connectivity index (χ1) is 17.1. The van der Waals surface area contributed by atoms with Gasteiger partial charge in [0.25, 0.3) is 0 Å². The molecule has 9 heteroatoms. The molecule has 2 aromatic carbocycles. The van der Waals surface area contributed by atoms with Gasteiger partial charge in [0.05, 0.1) is 18.2 Å². The Bertz CT molecular complexity index is 1160. The summed E-state index contributed by atoms with van der Waals surface area (Å²) < 4.78 is 5.53. The van der Waals surface area contributed by atoms with Crippen molar-refractivity contribution in [3.05, 3.63) is 69.9 Å². The third-order valence-corrected chi connectivity index (χ3v) is 6.15. The van der Waals surface area contributed by atoms with Gasteiger partial charge >= 0.3 is 18.0 Å². The first-order valence-corrected chi connectivity index (χ1v) is 12.4. The van der Waals surface area contributed by atoms with Crippen molar-refractivity contribution >= 4 is 41.0 Å². The van der Waals surface area contributed by atoms with Crippen molar-refractivity contribution in [2.45, 2.75) is 47.1 Å². The van der Waals surface area contributed by atoms with Gasteiger partial charge in [-0.05, 0) is 61.6 Å². The van der Waals surface area contributed by atoms with Gasteiger partial charge in [-0.2, -0.15) is 0 Å². The highest BCUT2D eigenvalue weighted by molar-refractivity contribution is 6.31. The van der Waals surface area contributed by atoms with E-state index in [2.05, 4.69) is 16.0 Å². The summed E-state index contributed by atoms with van der Waals surface area (Å²) in [4.78, 5) is 39.8. The van der Waals surface area contributed by atoms with Crippen LogP contribution in [0.25, 0.3) is 0 Å². The lowest BCUT2D eigenvalue weighted by molar-refractivity contribution is -0.140. The molecule has 0 radical (unpaired) electrons. The molecule has 0 fully saturated rings. The molecule has 3 rings (SSSR count). The lowest BCUT2D eigenvalue weighted by Gasteiger charge is -2.35. The molecule has 0 saturated carbocycles. The number of amides is 4. The number of urea groups is 2. The molecule has 1 atom stereocenters. The first-order valence-electron chi connectivity index (χ1n) is 12.0. The topological polar surface area (TPSA) is 99.8 Å². The Morgan fingerprint density at radius 1 is 1.08 bits per heavy atom. The molecule has 8 nitrogen and oxygen atoms in total. The van der Waals surface area contributed by atoms with E-state index >= 15 is 0 Å². The average Bonchev–Trinajstić information content (AvgIpc) is 2.82. The molecule has 3 N–H and O–H groups in total. The summed E-state index contributed by atoms with van der Waals surface area (Å²) in [5, 5.41) is 9.02. The van der Waals surface area contributed by atoms with E-state index in [9.17, 15) is 14.4 Å². The zero-order chi connectivity index (χ0) is 26.4. The molecule has 1 heterocycles. The molecular formula is C27H33ClN4O4. The van der Waals surface area contributed by atoms with Crippen LogP contribution in [0.4, 0.5) is 21.0 Å². The van der Waals surface area contributed by atoms with Crippen molar-refractivity contribution in [3.8, 4) is 0 Å². The predicted octanol–water partition coefficient (Wildman–Crippen LogP) is 6.24. The molecule has 1 unspecified atom stereocenters. The Balaban J connectivity index is 1.79. The standard InChI is InChI=1S/C27H33ClN4O4/c1-6-13-32-18(5)23(25(33)36-15-16(2)3)24(31-27(32)35)19-8-11-20(12-9-19)29-26(34)30-21-10-7-17(4)22(28)14-21/h7-12,14,16,24H,6,13,15H2,1-5H3,(H,31,35)(H2,29,30,34). The molecule has 0 aromatic heterocycles. The molecule has 4 amide bonds. The molecule has 1 aliphatic rings. The minimum Gasteiger partial charge on any atom is -0.462 e. The van der Waals surface area contributed by atoms with Crippen LogP contribution in [0.15, 0.2) is 53.7 Å². The number of carbonyl (C=O) groups is 3. The van der Waals surface area contributed by atoms with E-state index in [0.717, 1.165) is 12.0 Å². The minimum absolute atomic E-state index is 0.186. The van der Waals surface area contributed by atoms with Crippen LogP contribution in [0.3, 0.4) is 0 Å². The third kappa shape index (κ3) is 6.57. The van der Waals surface area contributed by atoms with Gasteiger partial charge in [-0.25, -0.2) is 14.4 Å². The molecule has 192 valence electrons. The number of allylic oxidation sites excluding steroid dienone is 1. The quantitative estimate of drug-likeness (QED) is 0.364. The number of hydrogen-bond acceptors (Lipinski definition) is 4. The molecule has 1 aliphatic heterocycles. The molecule has 0 aliphatic carbocycles. The summed E-state index contributed by atoms with van der Waals surface area (Å²) in [6, 6.07) is 10.9. The van der Waals surface area contributed by atoms with Crippen molar-refractivity contribution < 1.29 is 19.1 Å². The van der Waals surface area contributed by atoms with Crippen LogP contribution < -0.4 is 16.0 Å². The lowest BCUT2D eigenvalue weighted by atomic mass is 9.94. The van der Waals surface area contributed by atoms with Gasteiger partial charge < -0.3 is 20.7 Å². The molecule has 0 spiro atoms. The first kappa shape index (κ1) is 27.1. The Hall–Kier alpha value is -3.52. The van der Waals surface area contributed by atoms with Gasteiger partial charge in [0, 0.05) is 28.6 Å². The molecule has 0 bridgehead atoms. The van der Waals surface area contributed by atoms with E-state index in [4.69, 9.17) is 16.3 Å². The highest BCUT2D eigenvalue weighted by atomic mass is 35.5. The fraction of sp³-hybridized carbons (Fsp3) is 0.370. The van der Waals surface area contributed by atoms with Gasteiger partial charge in [0.1, 0.15) is 0 Å². The van der Waals surface area contributed by atoms with Gasteiger partial charge in [-0.1, -0.05) is 50.6 Å². The second-order valence-electron chi connectivity index (χ2n) is 9.19. The number of esters is 1. The summed E-state index contributed by atoms with van der Waals surface area (Å²) in [5.41, 5.74) is 3.73. The maximum absolute atomic E-state index is 13.1. The van der Waals surface area contributed by atoms with Gasteiger partial charge in [0.2, 0.25) is 0 Å². The fourth-order valence-corrected chi connectivity index (χ4v) is 4.01. The average molecular weight is 513 g/mol. The maximum Gasteiger partial charge on any atom is 0.338 e. The van der Waals surface area contributed by atoms with Crippen LogP contribution in [0.5, 0.6) is 0 Å². The number of ether oxygens (including phenoxy) is 1. The number of nitrogens with zero attached hydrogens (tertiary/aromatic N) is 1. The van der Waals surface area contributed by atoms with Crippen molar-refractivity contribution in [1.82, 2.24) is 10.2 Å². The van der Waals surface area contributed by atoms with E-state index in [1.807, 2.05) is 33.8 Å². The van der Waals surface area contributed by atoms with Crippen LogP contribution in [0.1, 0.15) is 51.3 Å². The summed E-state index contributed by atoms with van der Waals surface area (Å²) in [6.45, 7) is 10.3. The minimum atomic E-state index is -0.664. The largest absolute Gasteiger partial charge is 0.462 e. The van der Waals surface area contributed by atoms with Crippen LogP contribution >= 0.6 is 11.6 Å². The van der Waals surface area contributed by atoms with Crippen molar-refractivity contribution in [1.29, 1.82) is 0 Å². The summed E-state index contributed by atoms with van der Waals surface area (Å²) >= 11 is 6.12. The highest BCUT2D eigenvalue weighted by Crippen LogP contribution is 2.32. The number of hydrogen-bond donors (Lipinski definition) is 3. The van der Waals surface area contributed by atoms with E-state index in [0.29, 0.717) is 39.8 Å². The summed E-state index contributed by atoms with van der Waals surface area (Å²) in [7, 11) is 0. The number of aryl methyl sites for hydroxylation is 1. The number of benzene rings is 2. The van der Waals surface area contributed by atoms with E-state index in [1.165, 1.54) is 0 Å². The van der Waals surface area contributed by atoms with E-state index < -0.39 is 18.0 Å². The van der Waals surface area contributed by atoms with Gasteiger partial charge in [0.15, 0.2) is 0 Å². The van der Waals surface area contributed by atoms with Crippen molar-refractivity contribution in [2.24, 2.45) is 5.92 Å². The van der Waals surface area contributed by atoms with Gasteiger partial charge in [-0.3, -0.25) is 4.90 Å². The monoisotopic (exact) mass is 512 g/mol. The Morgan fingerprint density at radius 3 is 2.33 bits per heavy atom. The molecular weight excluding hydrogens is 480 g/mol. The molecule has 2 aromatic rings. The maximum atomic E-state index is 13.1. The Kier molecular flexibility index (Phi) is 8.98. The zero-order valence-corrected chi connectivity index (χ0v) is 22.0. The number of nitrogens with one attached hydrogen (secondary N) is 3. The second-order valence-corrected chi connectivity index (χ2v) is 9.60. The van der Waals surface area contributed by atoms with E-state index in [1.54, 1.807) is 48.2 Å². The van der Waals surface area contributed by atoms with Crippen molar-refractivity contribution in [2.75, 3.05) is 23.8 Å². The fourth-order valence-electron chi connectivity index (χ4n) is 3.83. The van der Waals surface area contributed by atoms with Gasteiger partial charge in [-0.15, -0.1) is 0 Å². The Morgan fingerprint density at radius 2 is 1.72 bits per heavy atom. The number of carbonyl (C=O) groups excluding carboxylic acids is 3. The highest BCUT2D eigenvalue weighted by Gasteiger charge is 2.36. The van der Waals surface area contributed by atoms with Crippen LogP contribution in [-0.2, 0) is 9.53 Å². The summed E-state index contributed by atoms with van der Waals surface area (Å²) in [6.07, 6.45) is 0.751. The van der Waals surface area contributed by atoms with Crippen molar-refractivity contribution in [3.63, 3.8) is 0 Å². The smallest absolute Gasteiger partial charge is 0.338 e. The number of rotatable bonds is 8. The summed E-state index contributed by atoms with van der Waals surface area (Å²) in [5.74, 6) is -0.267. The number of halogens is 1. The second kappa shape index (κ2) is 11.9. The van der Waals surface area contributed by atoms with Crippen LogP contribution in [0.2, 0.25) is 5.02 Å². The lowest BCUT2D eigenvalue weighted by Crippen LogP contribution is -2.48. The van der Waals surface area contributed by atoms with E-state index in [-0.39, 0.29) is 18.6 Å². The zero-order valence-electron chi connectivity index (χ0n) is 21.3.